The summed E-state index contributed by atoms with van der Waals surface area (Å²) in [5.74, 6) is 0. The summed E-state index contributed by atoms with van der Waals surface area (Å²) in [4.78, 5) is 12.9. The fraction of sp³-hybridized carbons (Fsp3) is 0.571. The van der Waals surface area contributed by atoms with Crippen molar-refractivity contribution >= 4 is 17.3 Å². The molecule has 6 heteroatoms. The van der Waals surface area contributed by atoms with Gasteiger partial charge in [-0.15, -0.1) is 0 Å². The highest BCUT2D eigenvalue weighted by Gasteiger charge is 2.13. The predicted octanol–water partition coefficient (Wildman–Crippen LogP) is 3.07. The Labute approximate surface area is 125 Å². The summed E-state index contributed by atoms with van der Waals surface area (Å²) in [6.45, 7) is 8.73. The van der Waals surface area contributed by atoms with Crippen LogP contribution >= 0.6 is 11.6 Å². The molecule has 0 amide bonds. The number of rotatable bonds is 9. The molecule has 5 nitrogen and oxygen atoms in total. The molecule has 1 N–H and O–H groups in total. The van der Waals surface area contributed by atoms with Gasteiger partial charge in [-0.3, -0.25) is 10.1 Å². The highest BCUT2D eigenvalue weighted by atomic mass is 35.5. The first-order valence-corrected chi connectivity index (χ1v) is 7.32. The van der Waals surface area contributed by atoms with Crippen molar-refractivity contribution in [3.05, 3.63) is 38.9 Å². The van der Waals surface area contributed by atoms with Crippen LogP contribution < -0.4 is 5.32 Å². The highest BCUT2D eigenvalue weighted by molar-refractivity contribution is 6.30. The van der Waals surface area contributed by atoms with Crippen molar-refractivity contribution in [2.45, 2.75) is 26.8 Å². The molecule has 1 rings (SSSR count). The summed E-state index contributed by atoms with van der Waals surface area (Å²) in [6.07, 6.45) is 1.02. The lowest BCUT2D eigenvalue weighted by Crippen LogP contribution is -2.27. The maximum absolute atomic E-state index is 10.9. The maximum atomic E-state index is 10.9. The molecule has 0 radical (unpaired) electrons. The molecule has 0 bridgehead atoms. The molecule has 0 unspecified atom stereocenters. The number of nitrogens with zero attached hydrogens (tertiary/aromatic N) is 2. The largest absolute Gasteiger partial charge is 0.312 e. The topological polar surface area (TPSA) is 58.4 Å². The van der Waals surface area contributed by atoms with Gasteiger partial charge in [0.25, 0.3) is 5.69 Å². The second-order valence-electron chi connectivity index (χ2n) is 4.59. The summed E-state index contributed by atoms with van der Waals surface area (Å²) in [5.41, 5.74) is 0.746. The Morgan fingerprint density at radius 1 is 1.35 bits per heavy atom. The number of hydrogen-bond acceptors (Lipinski definition) is 4. The van der Waals surface area contributed by atoms with Crippen LogP contribution in [0.3, 0.4) is 0 Å². The van der Waals surface area contributed by atoms with E-state index in [1.165, 1.54) is 6.07 Å². The normalized spacial score (nSPS) is 11.0. The number of halogens is 1. The Hall–Kier alpha value is -1.17. The molecule has 112 valence electrons. The van der Waals surface area contributed by atoms with Crippen molar-refractivity contribution in [2.75, 3.05) is 26.2 Å². The van der Waals surface area contributed by atoms with Gasteiger partial charge in [0.1, 0.15) is 0 Å². The monoisotopic (exact) mass is 299 g/mol. The van der Waals surface area contributed by atoms with Gasteiger partial charge < -0.3 is 10.2 Å². The Kier molecular flexibility index (Phi) is 7.51. The Balaban J connectivity index is 2.42. The summed E-state index contributed by atoms with van der Waals surface area (Å²) >= 11 is 5.88. The minimum atomic E-state index is -0.372. The van der Waals surface area contributed by atoms with Crippen LogP contribution in [0.25, 0.3) is 0 Å². The molecule has 0 aliphatic rings. The third-order valence-electron chi connectivity index (χ3n) is 3.28. The number of nitrogens with one attached hydrogen (secondary N) is 1. The lowest BCUT2D eigenvalue weighted by atomic mass is 10.2. The Morgan fingerprint density at radius 3 is 2.65 bits per heavy atom. The van der Waals surface area contributed by atoms with Gasteiger partial charge in [0, 0.05) is 23.2 Å². The average Bonchev–Trinajstić information content (AvgIpc) is 2.42. The van der Waals surface area contributed by atoms with E-state index < -0.39 is 0 Å². The molecular formula is C14H22ClN3O2. The van der Waals surface area contributed by atoms with Crippen LogP contribution in [-0.4, -0.2) is 36.0 Å². The quantitative estimate of drug-likeness (QED) is 0.432. The molecule has 0 aliphatic carbocycles. The summed E-state index contributed by atoms with van der Waals surface area (Å²) in [6, 6.07) is 4.65. The van der Waals surface area contributed by atoms with Gasteiger partial charge in [-0.2, -0.15) is 0 Å². The lowest BCUT2D eigenvalue weighted by molar-refractivity contribution is -0.385. The second-order valence-corrected chi connectivity index (χ2v) is 5.02. The Bertz CT molecular complexity index is 436. The van der Waals surface area contributed by atoms with E-state index in [4.69, 9.17) is 11.6 Å². The molecular weight excluding hydrogens is 278 g/mol. The average molecular weight is 300 g/mol. The standard InChI is InChI=1S/C14H22ClN3O2/c1-3-17(4-2)9-5-8-16-11-12-10-13(15)6-7-14(12)18(19)20/h6-7,10,16H,3-5,8-9,11H2,1-2H3. The predicted molar refractivity (Wildman–Crippen MR) is 82.2 cm³/mol. The zero-order valence-electron chi connectivity index (χ0n) is 12.1. The van der Waals surface area contributed by atoms with Crippen molar-refractivity contribution in [3.63, 3.8) is 0 Å². The third kappa shape index (κ3) is 5.45. The fourth-order valence-electron chi connectivity index (χ4n) is 2.06. The smallest absolute Gasteiger partial charge is 0.273 e. The minimum absolute atomic E-state index is 0.116. The number of nitro groups is 1. The van der Waals surface area contributed by atoms with Crippen LogP contribution in [0.2, 0.25) is 5.02 Å². The van der Waals surface area contributed by atoms with Gasteiger partial charge in [-0.25, -0.2) is 0 Å². The van der Waals surface area contributed by atoms with Crippen molar-refractivity contribution in [1.82, 2.24) is 10.2 Å². The zero-order chi connectivity index (χ0) is 15.0. The van der Waals surface area contributed by atoms with Crippen molar-refractivity contribution < 1.29 is 4.92 Å². The van der Waals surface area contributed by atoms with Crippen LogP contribution in [-0.2, 0) is 6.54 Å². The van der Waals surface area contributed by atoms with Crippen LogP contribution in [0.5, 0.6) is 0 Å². The van der Waals surface area contributed by atoms with E-state index in [2.05, 4.69) is 24.1 Å². The van der Waals surface area contributed by atoms with E-state index in [1.807, 2.05) is 0 Å². The van der Waals surface area contributed by atoms with E-state index in [0.717, 1.165) is 32.6 Å². The SMILES string of the molecule is CCN(CC)CCCNCc1cc(Cl)ccc1[N+](=O)[O-]. The number of benzene rings is 1. The molecule has 0 fully saturated rings. The maximum Gasteiger partial charge on any atom is 0.273 e. The first kappa shape index (κ1) is 16.9. The highest BCUT2D eigenvalue weighted by Crippen LogP contribution is 2.22. The van der Waals surface area contributed by atoms with Crippen molar-refractivity contribution in [3.8, 4) is 0 Å². The van der Waals surface area contributed by atoms with Crippen LogP contribution in [0.4, 0.5) is 5.69 Å². The van der Waals surface area contributed by atoms with Gasteiger partial charge in [0.15, 0.2) is 0 Å². The molecule has 0 aliphatic heterocycles. The van der Waals surface area contributed by atoms with Crippen LogP contribution in [0.15, 0.2) is 18.2 Å². The number of hydrogen-bond donors (Lipinski definition) is 1. The molecule has 1 aromatic rings. The molecule has 0 saturated heterocycles. The fourth-order valence-corrected chi connectivity index (χ4v) is 2.26. The Morgan fingerprint density at radius 2 is 2.05 bits per heavy atom. The second kappa shape index (κ2) is 8.89. The summed E-state index contributed by atoms with van der Waals surface area (Å²) in [7, 11) is 0. The molecule has 1 aromatic carbocycles. The summed E-state index contributed by atoms with van der Waals surface area (Å²) < 4.78 is 0. The van der Waals surface area contributed by atoms with E-state index in [1.54, 1.807) is 12.1 Å². The first-order valence-electron chi connectivity index (χ1n) is 6.94. The molecule has 0 atom stereocenters. The van der Waals surface area contributed by atoms with Gasteiger partial charge in [-0.1, -0.05) is 25.4 Å². The molecule has 0 saturated carbocycles. The van der Waals surface area contributed by atoms with Gasteiger partial charge in [-0.05, 0) is 44.7 Å². The first-order chi connectivity index (χ1) is 9.58. The van der Waals surface area contributed by atoms with Crippen LogP contribution in [0.1, 0.15) is 25.8 Å². The molecule has 20 heavy (non-hydrogen) atoms. The number of nitro benzene ring substituents is 1. The molecule has 0 heterocycles. The van der Waals surface area contributed by atoms with Crippen molar-refractivity contribution in [1.29, 1.82) is 0 Å². The molecule has 0 aromatic heterocycles. The van der Waals surface area contributed by atoms with E-state index in [0.29, 0.717) is 17.1 Å². The third-order valence-corrected chi connectivity index (χ3v) is 3.51. The van der Waals surface area contributed by atoms with E-state index in [9.17, 15) is 10.1 Å². The van der Waals surface area contributed by atoms with E-state index >= 15 is 0 Å². The molecule has 0 spiro atoms. The minimum Gasteiger partial charge on any atom is -0.312 e. The summed E-state index contributed by atoms with van der Waals surface area (Å²) in [5, 5.41) is 14.7. The van der Waals surface area contributed by atoms with Gasteiger partial charge >= 0.3 is 0 Å². The van der Waals surface area contributed by atoms with Crippen LogP contribution in [0, 0.1) is 10.1 Å². The van der Waals surface area contributed by atoms with Gasteiger partial charge in [0.2, 0.25) is 0 Å². The van der Waals surface area contributed by atoms with Crippen molar-refractivity contribution in [2.24, 2.45) is 0 Å². The zero-order valence-corrected chi connectivity index (χ0v) is 12.8. The lowest BCUT2D eigenvalue weighted by Gasteiger charge is -2.17. The van der Waals surface area contributed by atoms with Gasteiger partial charge in [0.05, 0.1) is 4.92 Å². The van der Waals surface area contributed by atoms with E-state index in [-0.39, 0.29) is 10.6 Å².